The van der Waals surface area contributed by atoms with Crippen molar-refractivity contribution >= 4 is 17.5 Å². The van der Waals surface area contributed by atoms with E-state index in [2.05, 4.69) is 10.6 Å². The van der Waals surface area contributed by atoms with Crippen molar-refractivity contribution in [2.75, 3.05) is 5.32 Å². The van der Waals surface area contributed by atoms with Gasteiger partial charge in [0.1, 0.15) is 5.82 Å². The second kappa shape index (κ2) is 8.27. The van der Waals surface area contributed by atoms with Crippen LogP contribution >= 0.6 is 0 Å². The lowest BCUT2D eigenvalue weighted by Crippen LogP contribution is -2.23. The maximum Gasteiger partial charge on any atom is 0.255 e. The van der Waals surface area contributed by atoms with Crippen LogP contribution in [0.25, 0.3) is 0 Å². The van der Waals surface area contributed by atoms with Gasteiger partial charge in [-0.25, -0.2) is 4.39 Å². The first-order valence-corrected chi connectivity index (χ1v) is 8.52. The molecule has 0 aromatic heterocycles. The van der Waals surface area contributed by atoms with Crippen molar-refractivity contribution in [1.82, 2.24) is 5.32 Å². The van der Waals surface area contributed by atoms with Crippen LogP contribution in [-0.2, 0) is 6.54 Å². The molecule has 3 aromatic carbocycles. The van der Waals surface area contributed by atoms with E-state index in [9.17, 15) is 14.0 Å². The molecule has 27 heavy (non-hydrogen) atoms. The molecule has 0 fully saturated rings. The number of nitrogens with one attached hydrogen (secondary N) is 2. The summed E-state index contributed by atoms with van der Waals surface area (Å²) in [7, 11) is 0. The third kappa shape index (κ3) is 4.79. The maximum atomic E-state index is 13.2. The number of benzene rings is 3. The van der Waals surface area contributed by atoms with E-state index in [4.69, 9.17) is 0 Å². The van der Waals surface area contributed by atoms with Gasteiger partial charge in [0.05, 0.1) is 0 Å². The number of halogens is 1. The molecule has 0 heterocycles. The molecule has 0 saturated heterocycles. The van der Waals surface area contributed by atoms with E-state index < -0.39 is 11.7 Å². The number of carbonyl (C=O) groups is 2. The maximum absolute atomic E-state index is 13.2. The van der Waals surface area contributed by atoms with Crippen LogP contribution in [0.4, 0.5) is 10.1 Å². The number of hydrogen-bond acceptors (Lipinski definition) is 2. The second-order valence-corrected chi connectivity index (χ2v) is 6.15. The number of rotatable bonds is 5. The minimum absolute atomic E-state index is 0.265. The Labute approximate surface area is 157 Å². The van der Waals surface area contributed by atoms with E-state index >= 15 is 0 Å². The molecule has 0 aliphatic heterocycles. The molecule has 0 aliphatic rings. The van der Waals surface area contributed by atoms with Crippen molar-refractivity contribution in [2.45, 2.75) is 13.5 Å². The highest BCUT2D eigenvalue weighted by atomic mass is 19.1. The first-order chi connectivity index (χ1) is 13.0. The number of aryl methyl sites for hydroxylation is 1. The summed E-state index contributed by atoms with van der Waals surface area (Å²) in [5.74, 6) is -1.11. The zero-order valence-corrected chi connectivity index (χ0v) is 14.8. The van der Waals surface area contributed by atoms with E-state index in [0.717, 1.165) is 11.1 Å². The molecule has 0 atom stereocenters. The van der Waals surface area contributed by atoms with Crippen molar-refractivity contribution in [3.8, 4) is 0 Å². The summed E-state index contributed by atoms with van der Waals surface area (Å²) in [4.78, 5) is 24.8. The van der Waals surface area contributed by atoms with E-state index in [1.165, 1.54) is 24.3 Å². The molecule has 0 spiro atoms. The van der Waals surface area contributed by atoms with E-state index in [0.29, 0.717) is 23.4 Å². The van der Waals surface area contributed by atoms with Crippen molar-refractivity contribution in [2.24, 2.45) is 0 Å². The molecular formula is C22H19FN2O2. The molecule has 2 amide bonds. The molecule has 136 valence electrons. The van der Waals surface area contributed by atoms with Crippen LogP contribution in [0.15, 0.2) is 72.8 Å². The van der Waals surface area contributed by atoms with Gasteiger partial charge in [-0.2, -0.15) is 0 Å². The average molecular weight is 362 g/mol. The van der Waals surface area contributed by atoms with Gasteiger partial charge in [0, 0.05) is 23.4 Å². The first-order valence-electron chi connectivity index (χ1n) is 8.52. The molecule has 0 bridgehead atoms. The number of amides is 2. The van der Waals surface area contributed by atoms with Crippen molar-refractivity contribution in [3.05, 3.63) is 101 Å². The SMILES string of the molecule is Cc1ccccc1CNC(=O)c1cccc(C(=O)Nc2cccc(F)c2)c1. The van der Waals surface area contributed by atoms with E-state index in [1.54, 1.807) is 24.3 Å². The van der Waals surface area contributed by atoms with E-state index in [-0.39, 0.29) is 5.91 Å². The summed E-state index contributed by atoms with van der Waals surface area (Å²) >= 11 is 0. The zero-order valence-electron chi connectivity index (χ0n) is 14.8. The Morgan fingerprint density at radius 2 is 1.56 bits per heavy atom. The third-order valence-electron chi connectivity index (χ3n) is 4.17. The number of anilines is 1. The molecule has 4 nitrogen and oxygen atoms in total. The van der Waals surface area contributed by atoms with Gasteiger partial charge >= 0.3 is 0 Å². The Kier molecular flexibility index (Phi) is 5.61. The van der Waals surface area contributed by atoms with Gasteiger partial charge in [0.25, 0.3) is 11.8 Å². The fourth-order valence-corrected chi connectivity index (χ4v) is 2.66. The highest BCUT2D eigenvalue weighted by Crippen LogP contribution is 2.13. The minimum atomic E-state index is -0.433. The zero-order chi connectivity index (χ0) is 19.2. The summed E-state index contributed by atoms with van der Waals surface area (Å²) in [6.07, 6.45) is 0. The van der Waals surface area contributed by atoms with Crippen molar-refractivity contribution < 1.29 is 14.0 Å². The smallest absolute Gasteiger partial charge is 0.255 e. The lowest BCUT2D eigenvalue weighted by Gasteiger charge is -2.09. The van der Waals surface area contributed by atoms with Gasteiger partial charge in [-0.1, -0.05) is 36.4 Å². The van der Waals surface area contributed by atoms with Gasteiger partial charge in [0.15, 0.2) is 0 Å². The highest BCUT2D eigenvalue weighted by Gasteiger charge is 2.11. The third-order valence-corrected chi connectivity index (χ3v) is 4.17. The normalized spacial score (nSPS) is 10.3. The molecule has 5 heteroatoms. The molecular weight excluding hydrogens is 343 g/mol. The second-order valence-electron chi connectivity index (χ2n) is 6.15. The first kappa shape index (κ1) is 18.3. The van der Waals surface area contributed by atoms with Gasteiger partial charge in [0.2, 0.25) is 0 Å². The van der Waals surface area contributed by atoms with Crippen LogP contribution in [0, 0.1) is 12.7 Å². The lowest BCUT2D eigenvalue weighted by atomic mass is 10.1. The van der Waals surface area contributed by atoms with Crippen LogP contribution < -0.4 is 10.6 Å². The van der Waals surface area contributed by atoms with Gasteiger partial charge in [-0.3, -0.25) is 9.59 Å². The quantitative estimate of drug-likeness (QED) is 0.710. The monoisotopic (exact) mass is 362 g/mol. The predicted molar refractivity (Wildman–Crippen MR) is 103 cm³/mol. The summed E-state index contributed by atoms with van der Waals surface area (Å²) in [6, 6.07) is 19.9. The van der Waals surface area contributed by atoms with E-state index in [1.807, 2.05) is 31.2 Å². The Bertz CT molecular complexity index is 985. The van der Waals surface area contributed by atoms with Crippen LogP contribution in [0.1, 0.15) is 31.8 Å². The average Bonchev–Trinajstić information content (AvgIpc) is 2.67. The molecule has 3 aromatic rings. The lowest BCUT2D eigenvalue weighted by molar-refractivity contribution is 0.0951. The molecule has 2 N–H and O–H groups in total. The fourth-order valence-electron chi connectivity index (χ4n) is 2.66. The van der Waals surface area contributed by atoms with Crippen LogP contribution in [0.3, 0.4) is 0 Å². The fraction of sp³-hybridized carbons (Fsp3) is 0.0909. The molecule has 0 radical (unpaired) electrons. The van der Waals surface area contributed by atoms with Crippen LogP contribution in [-0.4, -0.2) is 11.8 Å². The predicted octanol–water partition coefficient (Wildman–Crippen LogP) is 4.32. The standard InChI is InChI=1S/C22H19FN2O2/c1-15-6-2-3-7-18(15)14-24-21(26)16-8-4-9-17(12-16)22(27)25-20-11-5-10-19(23)13-20/h2-13H,14H2,1H3,(H,24,26)(H,25,27). The number of hydrogen-bond donors (Lipinski definition) is 2. The molecule has 0 saturated carbocycles. The van der Waals surface area contributed by atoms with Crippen molar-refractivity contribution in [3.63, 3.8) is 0 Å². The van der Waals surface area contributed by atoms with Crippen molar-refractivity contribution in [1.29, 1.82) is 0 Å². The summed E-state index contributed by atoms with van der Waals surface area (Å²) in [6.45, 7) is 2.39. The van der Waals surface area contributed by atoms with Crippen LogP contribution in [0.5, 0.6) is 0 Å². The number of carbonyl (C=O) groups excluding carboxylic acids is 2. The summed E-state index contributed by atoms with van der Waals surface area (Å²) in [5, 5.41) is 5.48. The summed E-state index contributed by atoms with van der Waals surface area (Å²) < 4.78 is 13.2. The molecule has 0 aliphatic carbocycles. The van der Waals surface area contributed by atoms with Gasteiger partial charge in [-0.05, 0) is 54.4 Å². The molecule has 0 unspecified atom stereocenters. The largest absolute Gasteiger partial charge is 0.348 e. The Morgan fingerprint density at radius 3 is 2.30 bits per heavy atom. The Morgan fingerprint density at radius 1 is 0.852 bits per heavy atom. The van der Waals surface area contributed by atoms with Crippen LogP contribution in [0.2, 0.25) is 0 Å². The minimum Gasteiger partial charge on any atom is -0.348 e. The van der Waals surface area contributed by atoms with Gasteiger partial charge < -0.3 is 10.6 Å². The Balaban J connectivity index is 1.68. The van der Waals surface area contributed by atoms with Gasteiger partial charge in [-0.15, -0.1) is 0 Å². The Hall–Kier alpha value is -3.47. The summed E-state index contributed by atoms with van der Waals surface area (Å²) in [5.41, 5.74) is 3.19. The molecule has 3 rings (SSSR count). The highest BCUT2D eigenvalue weighted by molar-refractivity contribution is 6.06. The topological polar surface area (TPSA) is 58.2 Å².